The fraction of sp³-hybridized carbons (Fsp3) is 0.276. The van der Waals surface area contributed by atoms with Crippen molar-refractivity contribution in [1.29, 1.82) is 0 Å². The molecule has 38 heavy (non-hydrogen) atoms. The van der Waals surface area contributed by atoms with Crippen LogP contribution in [0, 0.1) is 0 Å². The van der Waals surface area contributed by atoms with E-state index in [0.717, 1.165) is 21.9 Å². The molecule has 5 heterocycles. The number of rotatable bonds is 2. The SMILES string of the molecule is O=C1NC(=O)C(c2cccc3ccoc23)=C1c1cn2c3c(cccc13)CCN(C(=O)N1CCOCC1)CC2. The van der Waals surface area contributed by atoms with Crippen molar-refractivity contribution in [2.45, 2.75) is 13.0 Å². The topological polar surface area (TPSA) is 97.0 Å². The van der Waals surface area contributed by atoms with E-state index in [9.17, 15) is 14.4 Å². The van der Waals surface area contributed by atoms with Gasteiger partial charge >= 0.3 is 6.03 Å². The molecule has 2 aromatic carbocycles. The molecule has 0 aliphatic carbocycles. The molecule has 0 bridgehead atoms. The quantitative estimate of drug-likeness (QED) is 0.418. The van der Waals surface area contributed by atoms with Crippen molar-refractivity contribution in [3.8, 4) is 0 Å². The van der Waals surface area contributed by atoms with Gasteiger partial charge in [-0.25, -0.2) is 4.79 Å². The Morgan fingerprint density at radius 1 is 0.816 bits per heavy atom. The number of carbonyl (C=O) groups excluding carboxylic acids is 3. The number of furan rings is 1. The second-order valence-electron chi connectivity index (χ2n) is 9.85. The lowest BCUT2D eigenvalue weighted by atomic mass is 9.94. The number of aromatic nitrogens is 1. The monoisotopic (exact) mass is 510 g/mol. The van der Waals surface area contributed by atoms with E-state index in [-0.39, 0.29) is 6.03 Å². The van der Waals surface area contributed by atoms with Crippen LogP contribution in [0.1, 0.15) is 16.7 Å². The van der Waals surface area contributed by atoms with E-state index in [1.54, 1.807) is 6.26 Å². The van der Waals surface area contributed by atoms with Gasteiger partial charge in [-0.3, -0.25) is 14.9 Å². The number of amides is 4. The van der Waals surface area contributed by atoms with Crippen LogP contribution in [0.4, 0.5) is 4.79 Å². The van der Waals surface area contributed by atoms with Crippen molar-refractivity contribution in [3.63, 3.8) is 0 Å². The van der Waals surface area contributed by atoms with Crippen LogP contribution < -0.4 is 5.32 Å². The van der Waals surface area contributed by atoms with Crippen LogP contribution in [0.15, 0.2) is 59.3 Å². The van der Waals surface area contributed by atoms with Crippen LogP contribution in [0.2, 0.25) is 0 Å². The maximum atomic E-state index is 13.2. The number of carbonyl (C=O) groups is 3. The predicted molar refractivity (Wildman–Crippen MR) is 141 cm³/mol. The number of nitrogens with zero attached hydrogens (tertiary/aromatic N) is 3. The largest absolute Gasteiger partial charge is 0.464 e. The van der Waals surface area contributed by atoms with E-state index < -0.39 is 11.8 Å². The third-order valence-electron chi connectivity index (χ3n) is 7.74. The first-order valence-electron chi connectivity index (χ1n) is 12.9. The Kier molecular flexibility index (Phi) is 5.33. The number of nitrogens with one attached hydrogen (secondary N) is 1. The number of urea groups is 1. The minimum atomic E-state index is -0.433. The van der Waals surface area contributed by atoms with Gasteiger partial charge in [0.1, 0.15) is 5.58 Å². The molecule has 9 nitrogen and oxygen atoms in total. The summed E-state index contributed by atoms with van der Waals surface area (Å²) in [6.07, 6.45) is 4.23. The average molecular weight is 511 g/mol. The van der Waals surface area contributed by atoms with Crippen LogP contribution in [0.25, 0.3) is 33.0 Å². The highest BCUT2D eigenvalue weighted by Crippen LogP contribution is 2.39. The molecule has 1 saturated heterocycles. The maximum Gasteiger partial charge on any atom is 0.320 e. The standard InChI is InChI=1S/C29H26N4O5/c34-27-23(21-6-2-4-19-8-14-38-26(19)21)24(28(35)30-27)22-17-33-11-10-31(29(36)32-12-15-37-16-13-32)9-7-18-3-1-5-20(22)25(18)33/h1-6,8,14,17H,7,9-13,15-16H2,(H,30,34,35). The fourth-order valence-corrected chi connectivity index (χ4v) is 5.92. The van der Waals surface area contributed by atoms with Crippen LogP contribution in [-0.4, -0.2) is 71.6 Å². The molecular weight excluding hydrogens is 484 g/mol. The Balaban J connectivity index is 1.33. The molecule has 7 rings (SSSR count). The maximum absolute atomic E-state index is 13.2. The van der Waals surface area contributed by atoms with Crippen molar-refractivity contribution in [2.24, 2.45) is 0 Å². The Bertz CT molecular complexity index is 1660. The summed E-state index contributed by atoms with van der Waals surface area (Å²) < 4.78 is 13.2. The van der Waals surface area contributed by atoms with Crippen LogP contribution in [0.3, 0.4) is 0 Å². The van der Waals surface area contributed by atoms with E-state index in [1.807, 2.05) is 52.4 Å². The van der Waals surface area contributed by atoms with Crippen LogP contribution in [-0.2, 0) is 27.3 Å². The Labute approximate surface area is 218 Å². The third-order valence-corrected chi connectivity index (χ3v) is 7.74. The molecule has 4 aromatic rings. The van der Waals surface area contributed by atoms with Gasteiger partial charge in [-0.15, -0.1) is 0 Å². The number of morpholine rings is 1. The van der Waals surface area contributed by atoms with Crippen LogP contribution in [0.5, 0.6) is 0 Å². The Morgan fingerprint density at radius 2 is 1.58 bits per heavy atom. The number of benzene rings is 2. The van der Waals surface area contributed by atoms with Gasteiger partial charge in [0, 0.05) is 60.8 Å². The number of fused-ring (bicyclic) bond motifs is 1. The van der Waals surface area contributed by atoms with E-state index in [1.165, 1.54) is 0 Å². The van der Waals surface area contributed by atoms with Gasteiger partial charge < -0.3 is 23.5 Å². The molecule has 4 amide bonds. The van der Waals surface area contributed by atoms with Crippen molar-refractivity contribution < 1.29 is 23.5 Å². The first-order chi connectivity index (χ1) is 18.6. The summed E-state index contributed by atoms with van der Waals surface area (Å²) in [6, 6.07) is 13.5. The molecule has 1 fully saturated rings. The lowest BCUT2D eigenvalue weighted by molar-refractivity contribution is -0.122. The highest BCUT2D eigenvalue weighted by atomic mass is 16.5. The van der Waals surface area contributed by atoms with E-state index in [4.69, 9.17) is 9.15 Å². The molecule has 2 aromatic heterocycles. The molecule has 0 saturated carbocycles. The van der Waals surface area contributed by atoms with Gasteiger partial charge in [0.15, 0.2) is 0 Å². The van der Waals surface area contributed by atoms with Crippen molar-refractivity contribution >= 4 is 50.9 Å². The molecule has 9 heteroatoms. The van der Waals surface area contributed by atoms with Gasteiger partial charge in [-0.1, -0.05) is 36.4 Å². The predicted octanol–water partition coefficient (Wildman–Crippen LogP) is 3.27. The second kappa shape index (κ2) is 8.88. The van der Waals surface area contributed by atoms with Gasteiger partial charge in [0.25, 0.3) is 11.8 Å². The zero-order chi connectivity index (χ0) is 25.8. The van der Waals surface area contributed by atoms with Gasteiger partial charge in [0.2, 0.25) is 0 Å². The zero-order valence-corrected chi connectivity index (χ0v) is 20.7. The molecule has 3 aliphatic heterocycles. The summed E-state index contributed by atoms with van der Waals surface area (Å²) in [5.74, 6) is -0.852. The van der Waals surface area contributed by atoms with Crippen molar-refractivity contribution in [3.05, 3.63) is 71.6 Å². The molecule has 1 N–H and O–H groups in total. The highest BCUT2D eigenvalue weighted by Gasteiger charge is 2.36. The summed E-state index contributed by atoms with van der Waals surface area (Å²) in [7, 11) is 0. The lowest BCUT2D eigenvalue weighted by Crippen LogP contribution is -2.49. The molecule has 0 unspecified atom stereocenters. The number of hydrogen-bond acceptors (Lipinski definition) is 5. The first kappa shape index (κ1) is 22.8. The normalized spacial score (nSPS) is 18.3. The number of para-hydroxylation sites is 2. The van der Waals surface area contributed by atoms with Crippen LogP contribution >= 0.6 is 0 Å². The average Bonchev–Trinajstić information content (AvgIpc) is 3.63. The third kappa shape index (κ3) is 3.53. The highest BCUT2D eigenvalue weighted by molar-refractivity contribution is 6.50. The van der Waals surface area contributed by atoms with E-state index in [0.29, 0.717) is 80.2 Å². The van der Waals surface area contributed by atoms with E-state index >= 15 is 0 Å². The zero-order valence-electron chi connectivity index (χ0n) is 20.7. The second-order valence-corrected chi connectivity index (χ2v) is 9.85. The fourth-order valence-electron chi connectivity index (χ4n) is 5.92. The minimum Gasteiger partial charge on any atom is -0.464 e. The molecule has 3 aliphatic rings. The summed E-state index contributed by atoms with van der Waals surface area (Å²) in [5, 5.41) is 4.28. The molecule has 0 atom stereocenters. The van der Waals surface area contributed by atoms with Gasteiger partial charge in [-0.2, -0.15) is 0 Å². The van der Waals surface area contributed by atoms with Gasteiger partial charge in [-0.05, 0) is 18.1 Å². The van der Waals surface area contributed by atoms with E-state index in [2.05, 4.69) is 16.0 Å². The smallest absolute Gasteiger partial charge is 0.320 e. The molecular formula is C29H26N4O5. The summed E-state index contributed by atoms with van der Waals surface area (Å²) in [4.78, 5) is 43.3. The summed E-state index contributed by atoms with van der Waals surface area (Å²) >= 11 is 0. The minimum absolute atomic E-state index is 0.0357. The summed E-state index contributed by atoms with van der Waals surface area (Å²) in [6.45, 7) is 4.08. The Hall–Kier alpha value is -4.37. The number of ether oxygens (including phenoxy) is 1. The summed E-state index contributed by atoms with van der Waals surface area (Å²) in [5.41, 5.74) is 4.68. The number of hydrogen-bond donors (Lipinski definition) is 1. The molecule has 0 spiro atoms. The Morgan fingerprint density at radius 3 is 2.42 bits per heavy atom. The first-order valence-corrected chi connectivity index (χ1v) is 12.9. The molecule has 0 radical (unpaired) electrons. The molecule has 192 valence electrons. The lowest BCUT2D eigenvalue weighted by Gasteiger charge is -2.34. The number of imide groups is 1. The van der Waals surface area contributed by atoms with Crippen molar-refractivity contribution in [2.75, 3.05) is 39.4 Å². The van der Waals surface area contributed by atoms with Gasteiger partial charge in [0.05, 0.1) is 36.1 Å². The van der Waals surface area contributed by atoms with Crippen molar-refractivity contribution in [1.82, 2.24) is 19.7 Å².